The molecule has 2 rings (SSSR count). The third-order valence-corrected chi connectivity index (χ3v) is 3.73. The quantitative estimate of drug-likeness (QED) is 0.696. The first-order chi connectivity index (χ1) is 12.0. The van der Waals surface area contributed by atoms with Gasteiger partial charge in [0.1, 0.15) is 11.5 Å². The topological polar surface area (TPSA) is 109 Å². The number of hydrogen-bond donors (Lipinski definition) is 3. The number of nitrogens with one attached hydrogen (secondary N) is 1. The average Bonchev–Trinajstić information content (AvgIpc) is 2.61. The van der Waals surface area contributed by atoms with Crippen LogP contribution in [0.25, 0.3) is 0 Å². The minimum absolute atomic E-state index is 0.0364. The van der Waals surface area contributed by atoms with E-state index in [1.807, 2.05) is 0 Å². The lowest BCUT2D eigenvalue weighted by molar-refractivity contribution is -0.121. The smallest absolute Gasteiger partial charge is 0.227 e. The standard InChI is InChI=1S/C18H21NO6/c1-11-9-15(21)17(23)18(25-11)14(10-16(22)19-7-8-20)12-3-5-13(24-2)6-4-12/h3-6,9,14,20,23H,7-8,10H2,1-2H3,(H,19,22). The molecule has 25 heavy (non-hydrogen) atoms. The molecule has 2 aromatic rings. The van der Waals surface area contributed by atoms with Gasteiger partial charge in [-0.3, -0.25) is 9.59 Å². The SMILES string of the molecule is COc1ccc(C(CC(=O)NCCO)c2oc(C)cc(=O)c2O)cc1. The summed E-state index contributed by atoms with van der Waals surface area (Å²) in [6, 6.07) is 8.11. The molecule has 3 N–H and O–H groups in total. The van der Waals surface area contributed by atoms with Crippen LogP contribution in [0.2, 0.25) is 0 Å². The molecule has 0 aliphatic carbocycles. The van der Waals surface area contributed by atoms with Crippen LogP contribution in [-0.4, -0.2) is 36.4 Å². The highest BCUT2D eigenvalue weighted by molar-refractivity contribution is 5.77. The van der Waals surface area contributed by atoms with Crippen molar-refractivity contribution < 1.29 is 24.2 Å². The molecule has 0 saturated carbocycles. The van der Waals surface area contributed by atoms with Gasteiger partial charge in [-0.25, -0.2) is 0 Å². The Morgan fingerprint density at radius 2 is 2.00 bits per heavy atom. The normalized spacial score (nSPS) is 11.8. The molecule has 0 fully saturated rings. The largest absolute Gasteiger partial charge is 0.502 e. The van der Waals surface area contributed by atoms with E-state index in [4.69, 9.17) is 14.3 Å². The lowest BCUT2D eigenvalue weighted by Gasteiger charge is -2.18. The summed E-state index contributed by atoms with van der Waals surface area (Å²) in [4.78, 5) is 24.0. The van der Waals surface area contributed by atoms with Gasteiger partial charge in [0, 0.05) is 19.0 Å². The van der Waals surface area contributed by atoms with Crippen molar-refractivity contribution in [3.63, 3.8) is 0 Å². The van der Waals surface area contributed by atoms with E-state index in [-0.39, 0.29) is 31.2 Å². The predicted molar refractivity (Wildman–Crippen MR) is 90.9 cm³/mol. The van der Waals surface area contributed by atoms with Crippen LogP contribution >= 0.6 is 0 Å². The molecule has 1 unspecified atom stereocenters. The third kappa shape index (κ3) is 4.60. The summed E-state index contributed by atoms with van der Waals surface area (Å²) in [7, 11) is 1.54. The maximum absolute atomic E-state index is 12.1. The van der Waals surface area contributed by atoms with Crippen molar-refractivity contribution in [2.75, 3.05) is 20.3 Å². The molecule has 1 aromatic heterocycles. The summed E-state index contributed by atoms with van der Waals surface area (Å²) < 4.78 is 10.7. The number of hydrogen-bond acceptors (Lipinski definition) is 6. The van der Waals surface area contributed by atoms with E-state index in [9.17, 15) is 14.7 Å². The van der Waals surface area contributed by atoms with E-state index < -0.39 is 17.1 Å². The van der Waals surface area contributed by atoms with Crippen LogP contribution < -0.4 is 15.5 Å². The minimum Gasteiger partial charge on any atom is -0.502 e. The van der Waals surface area contributed by atoms with Crippen molar-refractivity contribution in [1.29, 1.82) is 0 Å². The van der Waals surface area contributed by atoms with Crippen molar-refractivity contribution in [3.05, 3.63) is 57.6 Å². The van der Waals surface area contributed by atoms with Gasteiger partial charge in [0.15, 0.2) is 5.76 Å². The molecule has 0 radical (unpaired) electrons. The first-order valence-corrected chi connectivity index (χ1v) is 7.81. The van der Waals surface area contributed by atoms with Crippen molar-refractivity contribution in [2.24, 2.45) is 0 Å². The molecular formula is C18H21NO6. The van der Waals surface area contributed by atoms with Crippen molar-refractivity contribution in [2.45, 2.75) is 19.3 Å². The van der Waals surface area contributed by atoms with Crippen LogP contribution in [-0.2, 0) is 4.79 Å². The van der Waals surface area contributed by atoms with E-state index in [1.54, 1.807) is 38.3 Å². The number of aromatic hydroxyl groups is 1. The molecule has 134 valence electrons. The number of rotatable bonds is 7. The van der Waals surface area contributed by atoms with Gasteiger partial charge in [-0.15, -0.1) is 0 Å². The van der Waals surface area contributed by atoms with Crippen LogP contribution in [0.5, 0.6) is 11.5 Å². The van der Waals surface area contributed by atoms with E-state index >= 15 is 0 Å². The summed E-state index contributed by atoms with van der Waals surface area (Å²) >= 11 is 0. The molecule has 1 atom stereocenters. The summed E-state index contributed by atoms with van der Waals surface area (Å²) in [5.74, 6) is -0.486. The molecule has 1 heterocycles. The predicted octanol–water partition coefficient (Wildman–Crippen LogP) is 1.29. The maximum atomic E-state index is 12.1. The summed E-state index contributed by atoms with van der Waals surface area (Å²) in [6.07, 6.45) is -0.0493. The fraction of sp³-hybridized carbons (Fsp3) is 0.333. The van der Waals surface area contributed by atoms with Gasteiger partial charge in [-0.05, 0) is 24.6 Å². The number of aliphatic hydroxyl groups excluding tert-OH is 1. The van der Waals surface area contributed by atoms with Gasteiger partial charge >= 0.3 is 0 Å². The monoisotopic (exact) mass is 347 g/mol. The summed E-state index contributed by atoms with van der Waals surface area (Å²) in [5.41, 5.74) is 0.122. The Morgan fingerprint density at radius 3 is 2.60 bits per heavy atom. The Hall–Kier alpha value is -2.80. The second kappa shape index (κ2) is 8.34. The minimum atomic E-state index is -0.655. The number of carbonyl (C=O) groups excluding carboxylic acids is 1. The Labute approximate surface area is 144 Å². The fourth-order valence-corrected chi connectivity index (χ4v) is 2.51. The van der Waals surface area contributed by atoms with Crippen LogP contribution in [0.4, 0.5) is 0 Å². The molecule has 7 nitrogen and oxygen atoms in total. The highest BCUT2D eigenvalue weighted by atomic mass is 16.5. The highest BCUT2D eigenvalue weighted by Crippen LogP contribution is 2.33. The molecule has 1 aromatic carbocycles. The van der Waals surface area contributed by atoms with Gasteiger partial charge in [-0.1, -0.05) is 12.1 Å². The molecule has 0 bridgehead atoms. The van der Waals surface area contributed by atoms with Gasteiger partial charge in [0.2, 0.25) is 17.1 Å². The number of amides is 1. The van der Waals surface area contributed by atoms with E-state index in [1.165, 1.54) is 6.07 Å². The number of ether oxygens (including phenoxy) is 1. The second-order valence-corrected chi connectivity index (χ2v) is 5.54. The Morgan fingerprint density at radius 1 is 1.32 bits per heavy atom. The number of aliphatic hydroxyl groups is 1. The van der Waals surface area contributed by atoms with Crippen molar-refractivity contribution in [1.82, 2.24) is 5.32 Å². The summed E-state index contributed by atoms with van der Waals surface area (Å²) in [5, 5.41) is 21.5. The van der Waals surface area contributed by atoms with Gasteiger partial charge in [-0.2, -0.15) is 0 Å². The highest BCUT2D eigenvalue weighted by Gasteiger charge is 2.25. The van der Waals surface area contributed by atoms with Crippen LogP contribution in [0.1, 0.15) is 29.4 Å². The Bertz CT molecular complexity index is 781. The zero-order chi connectivity index (χ0) is 18.4. The van der Waals surface area contributed by atoms with Crippen molar-refractivity contribution >= 4 is 5.91 Å². The first-order valence-electron chi connectivity index (χ1n) is 7.81. The molecule has 0 aliphatic heterocycles. The fourth-order valence-electron chi connectivity index (χ4n) is 2.51. The first kappa shape index (κ1) is 18.5. The van der Waals surface area contributed by atoms with Crippen LogP contribution in [0.15, 0.2) is 39.5 Å². The summed E-state index contributed by atoms with van der Waals surface area (Å²) in [6.45, 7) is 1.54. The Kier molecular flexibility index (Phi) is 6.19. The van der Waals surface area contributed by atoms with Gasteiger partial charge < -0.3 is 24.7 Å². The average molecular weight is 347 g/mol. The number of carbonyl (C=O) groups is 1. The second-order valence-electron chi connectivity index (χ2n) is 5.54. The lowest BCUT2D eigenvalue weighted by Crippen LogP contribution is -2.28. The maximum Gasteiger partial charge on any atom is 0.227 e. The third-order valence-electron chi connectivity index (χ3n) is 3.73. The van der Waals surface area contributed by atoms with Crippen LogP contribution in [0.3, 0.4) is 0 Å². The van der Waals surface area contributed by atoms with E-state index in [2.05, 4.69) is 5.32 Å². The van der Waals surface area contributed by atoms with Crippen molar-refractivity contribution in [3.8, 4) is 11.5 Å². The van der Waals surface area contributed by atoms with Crippen LogP contribution in [0, 0.1) is 6.92 Å². The zero-order valence-electron chi connectivity index (χ0n) is 14.1. The molecule has 0 spiro atoms. The van der Waals surface area contributed by atoms with Gasteiger partial charge in [0.25, 0.3) is 0 Å². The number of methoxy groups -OCH3 is 1. The molecular weight excluding hydrogens is 326 g/mol. The molecule has 1 amide bonds. The molecule has 0 aliphatic rings. The Balaban J connectivity index is 2.44. The lowest BCUT2D eigenvalue weighted by atomic mass is 9.91. The van der Waals surface area contributed by atoms with E-state index in [0.29, 0.717) is 17.1 Å². The van der Waals surface area contributed by atoms with Gasteiger partial charge in [0.05, 0.1) is 19.6 Å². The van der Waals surface area contributed by atoms with E-state index in [0.717, 1.165) is 0 Å². The zero-order valence-corrected chi connectivity index (χ0v) is 14.1. The molecule has 7 heteroatoms. The molecule has 0 saturated heterocycles. The number of aryl methyl sites for hydroxylation is 1. The number of benzene rings is 1.